The number of rotatable bonds is 2. The molecule has 3 atom stereocenters. The molecule has 78 valence electrons. The van der Waals surface area contributed by atoms with Gasteiger partial charge in [0, 0.05) is 0 Å². The van der Waals surface area contributed by atoms with Crippen molar-refractivity contribution in [3.8, 4) is 0 Å². The Morgan fingerprint density at radius 2 is 1.69 bits per heavy atom. The topological polar surface area (TPSA) is 0 Å². The smallest absolute Gasteiger partial charge is 0.171 e. The predicted molar refractivity (Wildman–Crippen MR) is 46.3 cm³/mol. The molecule has 0 amide bonds. The second-order valence-electron chi connectivity index (χ2n) is 4.06. The van der Waals surface area contributed by atoms with Crippen molar-refractivity contribution in [1.29, 1.82) is 0 Å². The van der Waals surface area contributed by atoms with Gasteiger partial charge in [-0.05, 0) is 24.7 Å². The van der Waals surface area contributed by atoms with Crippen molar-refractivity contribution >= 4 is 0 Å². The molecular weight excluding hydrogens is 177 g/mol. The molecule has 0 heterocycles. The van der Waals surface area contributed by atoms with Crippen LogP contribution in [0, 0.1) is 17.8 Å². The average Bonchev–Trinajstić information content (AvgIpc) is 2.46. The summed E-state index contributed by atoms with van der Waals surface area (Å²) in [5.74, 6) is -0.844. The molecule has 1 rings (SSSR count). The lowest BCUT2D eigenvalue weighted by Gasteiger charge is -2.20. The normalized spacial score (nSPS) is 35.3. The van der Waals surface area contributed by atoms with Crippen molar-refractivity contribution in [1.82, 2.24) is 0 Å². The molecule has 1 fully saturated rings. The first kappa shape index (κ1) is 10.9. The van der Waals surface area contributed by atoms with E-state index in [2.05, 4.69) is 0 Å². The summed E-state index contributed by atoms with van der Waals surface area (Å²) in [6.07, 6.45) is -1.27. The highest BCUT2D eigenvalue weighted by molar-refractivity contribution is 4.86. The molecule has 0 spiro atoms. The molecule has 1 saturated carbocycles. The Labute approximate surface area is 77.5 Å². The van der Waals surface area contributed by atoms with E-state index in [0.29, 0.717) is 18.8 Å². The van der Waals surface area contributed by atoms with Crippen LogP contribution in [0.3, 0.4) is 0 Å². The third-order valence-corrected chi connectivity index (χ3v) is 3.31. The van der Waals surface area contributed by atoms with Crippen molar-refractivity contribution < 1.29 is 13.2 Å². The van der Waals surface area contributed by atoms with E-state index in [1.165, 1.54) is 0 Å². The zero-order chi connectivity index (χ0) is 10.1. The fraction of sp³-hybridized carbons (Fsp3) is 1.00. The second-order valence-corrected chi connectivity index (χ2v) is 4.06. The molecule has 0 radical (unpaired) electrons. The maximum Gasteiger partial charge on any atom is 0.392 e. The van der Waals surface area contributed by atoms with Gasteiger partial charge in [0.2, 0.25) is 0 Å². The molecule has 1 aliphatic carbocycles. The first-order valence-corrected chi connectivity index (χ1v) is 5.05. The third-order valence-electron chi connectivity index (χ3n) is 3.31. The molecule has 0 N–H and O–H groups in total. The lowest BCUT2D eigenvalue weighted by atomic mass is 9.93. The van der Waals surface area contributed by atoms with Gasteiger partial charge in [-0.15, -0.1) is 0 Å². The average molecular weight is 194 g/mol. The zero-order valence-electron chi connectivity index (χ0n) is 8.19. The van der Waals surface area contributed by atoms with Gasteiger partial charge in [-0.25, -0.2) is 0 Å². The van der Waals surface area contributed by atoms with E-state index in [4.69, 9.17) is 0 Å². The Morgan fingerprint density at radius 1 is 1.08 bits per heavy atom. The molecule has 0 aromatic heterocycles. The molecule has 13 heavy (non-hydrogen) atoms. The van der Waals surface area contributed by atoms with Crippen molar-refractivity contribution in [3.05, 3.63) is 0 Å². The van der Waals surface area contributed by atoms with Gasteiger partial charge in [0.1, 0.15) is 0 Å². The molecule has 0 saturated heterocycles. The summed E-state index contributed by atoms with van der Waals surface area (Å²) >= 11 is 0. The Balaban J connectivity index is 2.63. The van der Waals surface area contributed by atoms with Gasteiger partial charge in [-0.2, -0.15) is 13.2 Å². The minimum absolute atomic E-state index is 0.120. The molecule has 0 aromatic rings. The minimum Gasteiger partial charge on any atom is -0.171 e. The van der Waals surface area contributed by atoms with Gasteiger partial charge in [0.05, 0.1) is 5.92 Å². The van der Waals surface area contributed by atoms with Gasteiger partial charge in [-0.3, -0.25) is 0 Å². The molecule has 0 nitrogen and oxygen atoms in total. The largest absolute Gasteiger partial charge is 0.392 e. The van der Waals surface area contributed by atoms with Crippen molar-refractivity contribution in [3.63, 3.8) is 0 Å². The van der Waals surface area contributed by atoms with Gasteiger partial charge < -0.3 is 0 Å². The first-order valence-electron chi connectivity index (χ1n) is 5.05. The Morgan fingerprint density at radius 3 is 2.00 bits per heavy atom. The monoisotopic (exact) mass is 194 g/mol. The Hall–Kier alpha value is -0.210. The van der Waals surface area contributed by atoms with Crippen LogP contribution in [-0.2, 0) is 0 Å². The highest BCUT2D eigenvalue weighted by Crippen LogP contribution is 2.47. The summed E-state index contributed by atoms with van der Waals surface area (Å²) in [5, 5.41) is 0. The van der Waals surface area contributed by atoms with E-state index in [-0.39, 0.29) is 5.92 Å². The molecule has 0 aliphatic heterocycles. The quantitative estimate of drug-likeness (QED) is 0.623. The van der Waals surface area contributed by atoms with E-state index in [1.54, 1.807) is 0 Å². The Kier molecular flexibility index (Phi) is 3.25. The summed E-state index contributed by atoms with van der Waals surface area (Å²) in [6, 6.07) is 0. The van der Waals surface area contributed by atoms with Crippen LogP contribution in [0.5, 0.6) is 0 Å². The van der Waals surface area contributed by atoms with Gasteiger partial charge in [0.15, 0.2) is 0 Å². The molecular formula is C10H17F3. The van der Waals surface area contributed by atoms with E-state index < -0.39 is 12.1 Å². The summed E-state index contributed by atoms with van der Waals surface area (Å²) in [5.41, 5.74) is 0. The highest BCUT2D eigenvalue weighted by Gasteiger charge is 2.48. The lowest BCUT2D eigenvalue weighted by molar-refractivity contribution is -0.184. The molecule has 0 bridgehead atoms. The zero-order valence-corrected chi connectivity index (χ0v) is 8.19. The molecule has 1 aliphatic rings. The van der Waals surface area contributed by atoms with Gasteiger partial charge in [0.25, 0.3) is 0 Å². The Bertz CT molecular complexity index is 162. The number of hydrogen-bond donors (Lipinski definition) is 0. The maximum atomic E-state index is 12.5. The fourth-order valence-electron chi connectivity index (χ4n) is 2.43. The van der Waals surface area contributed by atoms with Crippen LogP contribution < -0.4 is 0 Å². The first-order chi connectivity index (χ1) is 5.99. The standard InChI is InChI=1S/C10H17F3/c1-3-7-5-8(4-2)9(6-7)10(11,12)13/h7-9H,3-6H2,1-2H3. The second kappa shape index (κ2) is 3.89. The van der Waals surface area contributed by atoms with Gasteiger partial charge in [-0.1, -0.05) is 26.7 Å². The van der Waals surface area contributed by atoms with Crippen LogP contribution in [0.25, 0.3) is 0 Å². The van der Waals surface area contributed by atoms with Crippen LogP contribution in [0.4, 0.5) is 13.2 Å². The van der Waals surface area contributed by atoms with Gasteiger partial charge >= 0.3 is 6.18 Å². The summed E-state index contributed by atoms with van der Waals surface area (Å²) in [7, 11) is 0. The van der Waals surface area contributed by atoms with Crippen LogP contribution in [0.1, 0.15) is 39.5 Å². The van der Waals surface area contributed by atoms with Crippen molar-refractivity contribution in [2.45, 2.75) is 45.7 Å². The molecule has 0 aromatic carbocycles. The molecule has 3 heteroatoms. The SMILES string of the molecule is CCC1CC(CC)C(C(F)(F)F)C1. The van der Waals surface area contributed by atoms with Crippen molar-refractivity contribution in [2.75, 3.05) is 0 Å². The van der Waals surface area contributed by atoms with E-state index in [1.807, 2.05) is 13.8 Å². The summed E-state index contributed by atoms with van der Waals surface area (Å²) in [4.78, 5) is 0. The van der Waals surface area contributed by atoms with E-state index in [9.17, 15) is 13.2 Å². The minimum atomic E-state index is -3.97. The van der Waals surface area contributed by atoms with Crippen LogP contribution in [0.15, 0.2) is 0 Å². The predicted octanol–water partition coefficient (Wildman–Crippen LogP) is 4.01. The lowest BCUT2D eigenvalue weighted by Crippen LogP contribution is -2.25. The number of hydrogen-bond acceptors (Lipinski definition) is 0. The highest BCUT2D eigenvalue weighted by atomic mass is 19.4. The van der Waals surface area contributed by atoms with Crippen LogP contribution in [0.2, 0.25) is 0 Å². The summed E-state index contributed by atoms with van der Waals surface area (Å²) < 4.78 is 37.5. The molecule has 3 unspecified atom stereocenters. The van der Waals surface area contributed by atoms with Crippen LogP contribution in [-0.4, -0.2) is 6.18 Å². The third kappa shape index (κ3) is 2.38. The maximum absolute atomic E-state index is 12.5. The van der Waals surface area contributed by atoms with E-state index in [0.717, 1.165) is 12.8 Å². The number of halogens is 3. The van der Waals surface area contributed by atoms with Crippen LogP contribution >= 0.6 is 0 Å². The van der Waals surface area contributed by atoms with Crippen molar-refractivity contribution in [2.24, 2.45) is 17.8 Å². The number of alkyl halides is 3. The fourth-order valence-corrected chi connectivity index (χ4v) is 2.43. The summed E-state index contributed by atoms with van der Waals surface area (Å²) in [6.45, 7) is 3.84. The van der Waals surface area contributed by atoms with E-state index >= 15 is 0 Å².